The monoisotopic (exact) mass is 323 g/mol. The minimum Gasteiger partial charge on any atom is -0.486 e. The number of nitrogens with one attached hydrogen (secondary N) is 1. The first-order valence-electron chi connectivity index (χ1n) is 5.99. The normalized spacial score (nSPS) is 10.5. The zero-order chi connectivity index (χ0) is 13.7. The number of benzene rings is 2. The van der Waals surface area contributed by atoms with E-state index < -0.39 is 0 Å². The van der Waals surface area contributed by atoms with Gasteiger partial charge in [0.2, 0.25) is 0 Å². The minimum absolute atomic E-state index is 0.258. The highest BCUT2D eigenvalue weighted by Crippen LogP contribution is 2.23. The second-order valence-corrected chi connectivity index (χ2v) is 5.13. The van der Waals surface area contributed by atoms with Crippen molar-refractivity contribution in [3.63, 3.8) is 0 Å². The molecular weight excluding hydrogens is 309 g/mol. The molecule has 0 spiro atoms. The van der Waals surface area contributed by atoms with Crippen LogP contribution in [0.3, 0.4) is 0 Å². The summed E-state index contributed by atoms with van der Waals surface area (Å²) in [6, 6.07) is 12.7. The number of hydrogen-bond acceptors (Lipinski definition) is 2. The number of halogens is 2. The molecule has 0 amide bonds. The Bertz CT molecular complexity index is 560. The Morgan fingerprint density at radius 1 is 1.16 bits per heavy atom. The Balaban J connectivity index is 2.05. The molecular formula is C15H15BrFNO. The van der Waals surface area contributed by atoms with Gasteiger partial charge < -0.3 is 10.1 Å². The third-order valence-corrected chi connectivity index (χ3v) is 3.15. The molecule has 0 saturated carbocycles. The van der Waals surface area contributed by atoms with Crippen molar-refractivity contribution in [2.75, 3.05) is 7.05 Å². The van der Waals surface area contributed by atoms with Crippen LogP contribution in [0.2, 0.25) is 0 Å². The summed E-state index contributed by atoms with van der Waals surface area (Å²) in [4.78, 5) is 0. The van der Waals surface area contributed by atoms with Gasteiger partial charge in [0.15, 0.2) is 11.6 Å². The molecule has 19 heavy (non-hydrogen) atoms. The maximum absolute atomic E-state index is 13.5. The lowest BCUT2D eigenvalue weighted by molar-refractivity contribution is 0.290. The van der Waals surface area contributed by atoms with Crippen molar-refractivity contribution in [1.82, 2.24) is 5.32 Å². The van der Waals surface area contributed by atoms with Gasteiger partial charge in [-0.2, -0.15) is 0 Å². The van der Waals surface area contributed by atoms with Crippen LogP contribution in [0.5, 0.6) is 5.75 Å². The number of ether oxygens (including phenoxy) is 1. The molecule has 1 N–H and O–H groups in total. The fraction of sp³-hybridized carbons (Fsp3) is 0.200. The Morgan fingerprint density at radius 3 is 2.74 bits per heavy atom. The van der Waals surface area contributed by atoms with Gasteiger partial charge in [-0.05, 0) is 36.4 Å². The Morgan fingerprint density at radius 2 is 1.95 bits per heavy atom. The quantitative estimate of drug-likeness (QED) is 0.901. The predicted octanol–water partition coefficient (Wildman–Crippen LogP) is 3.89. The van der Waals surface area contributed by atoms with Crippen molar-refractivity contribution in [3.8, 4) is 5.75 Å². The van der Waals surface area contributed by atoms with Crippen molar-refractivity contribution >= 4 is 15.9 Å². The van der Waals surface area contributed by atoms with Crippen LogP contribution < -0.4 is 10.1 Å². The zero-order valence-corrected chi connectivity index (χ0v) is 12.2. The van der Waals surface area contributed by atoms with E-state index in [4.69, 9.17) is 4.74 Å². The molecule has 2 nitrogen and oxygen atoms in total. The lowest BCUT2D eigenvalue weighted by atomic mass is 10.1. The van der Waals surface area contributed by atoms with Gasteiger partial charge in [0.1, 0.15) is 6.61 Å². The summed E-state index contributed by atoms with van der Waals surface area (Å²) >= 11 is 3.30. The highest BCUT2D eigenvalue weighted by molar-refractivity contribution is 9.10. The fourth-order valence-electron chi connectivity index (χ4n) is 1.78. The standard InChI is InChI=1S/C15H15BrFNO/c1-18-9-11-3-2-4-12(7-11)10-19-15-8-13(16)5-6-14(15)17/h2-8,18H,9-10H2,1H3. The molecule has 0 aliphatic carbocycles. The van der Waals surface area contributed by atoms with E-state index in [0.717, 1.165) is 16.6 Å². The van der Waals surface area contributed by atoms with Crippen molar-refractivity contribution in [1.29, 1.82) is 0 Å². The first kappa shape index (κ1) is 14.0. The van der Waals surface area contributed by atoms with Gasteiger partial charge in [-0.1, -0.05) is 40.2 Å². The molecule has 0 atom stereocenters. The number of hydrogen-bond donors (Lipinski definition) is 1. The van der Waals surface area contributed by atoms with E-state index in [2.05, 4.69) is 21.2 Å². The van der Waals surface area contributed by atoms with E-state index in [0.29, 0.717) is 6.61 Å². The smallest absolute Gasteiger partial charge is 0.165 e. The predicted molar refractivity (Wildman–Crippen MR) is 77.6 cm³/mol. The first-order valence-corrected chi connectivity index (χ1v) is 6.78. The van der Waals surface area contributed by atoms with Crippen molar-refractivity contribution in [2.24, 2.45) is 0 Å². The molecule has 0 aromatic heterocycles. The van der Waals surface area contributed by atoms with Crippen molar-refractivity contribution < 1.29 is 9.13 Å². The van der Waals surface area contributed by atoms with Crippen LogP contribution in [0.15, 0.2) is 46.9 Å². The van der Waals surface area contributed by atoms with Gasteiger partial charge in [-0.15, -0.1) is 0 Å². The summed E-state index contributed by atoms with van der Waals surface area (Å²) in [5.74, 6) is -0.0945. The maximum Gasteiger partial charge on any atom is 0.165 e. The van der Waals surface area contributed by atoms with E-state index in [9.17, 15) is 4.39 Å². The largest absolute Gasteiger partial charge is 0.486 e. The van der Waals surface area contributed by atoms with Gasteiger partial charge in [0.05, 0.1) is 0 Å². The first-order chi connectivity index (χ1) is 9.19. The van der Waals surface area contributed by atoms with E-state index >= 15 is 0 Å². The third-order valence-electron chi connectivity index (χ3n) is 2.66. The van der Waals surface area contributed by atoms with E-state index in [1.807, 2.05) is 31.3 Å². The molecule has 2 aromatic rings. The number of rotatable bonds is 5. The topological polar surface area (TPSA) is 21.3 Å². The molecule has 0 aliphatic rings. The molecule has 4 heteroatoms. The minimum atomic E-state index is -0.352. The van der Waals surface area contributed by atoms with Crippen LogP contribution in [-0.4, -0.2) is 7.05 Å². The summed E-state index contributed by atoms with van der Waals surface area (Å²) in [6.07, 6.45) is 0. The molecule has 0 unspecified atom stereocenters. The summed E-state index contributed by atoms with van der Waals surface area (Å²) in [6.45, 7) is 1.16. The fourth-order valence-corrected chi connectivity index (χ4v) is 2.12. The molecule has 2 rings (SSSR count). The van der Waals surface area contributed by atoms with Gasteiger partial charge in [-0.3, -0.25) is 0 Å². The average Bonchev–Trinajstić information content (AvgIpc) is 2.41. The SMILES string of the molecule is CNCc1cccc(COc2cc(Br)ccc2F)c1. The average molecular weight is 324 g/mol. The lowest BCUT2D eigenvalue weighted by Crippen LogP contribution is -2.05. The van der Waals surface area contributed by atoms with Crippen LogP contribution in [0.25, 0.3) is 0 Å². The summed E-state index contributed by atoms with van der Waals surface area (Å²) in [5.41, 5.74) is 2.20. The lowest BCUT2D eigenvalue weighted by Gasteiger charge is -2.09. The molecule has 0 bridgehead atoms. The van der Waals surface area contributed by atoms with E-state index in [-0.39, 0.29) is 11.6 Å². The molecule has 0 radical (unpaired) electrons. The summed E-state index contributed by atoms with van der Waals surface area (Å²) in [5, 5.41) is 3.09. The van der Waals surface area contributed by atoms with Gasteiger partial charge in [0, 0.05) is 11.0 Å². The van der Waals surface area contributed by atoms with Gasteiger partial charge in [0.25, 0.3) is 0 Å². The summed E-state index contributed by atoms with van der Waals surface area (Å²) < 4.78 is 19.8. The highest BCUT2D eigenvalue weighted by atomic mass is 79.9. The Kier molecular flexibility index (Phi) is 4.93. The zero-order valence-electron chi connectivity index (χ0n) is 10.6. The maximum atomic E-state index is 13.5. The molecule has 0 heterocycles. The van der Waals surface area contributed by atoms with Gasteiger partial charge >= 0.3 is 0 Å². The molecule has 0 fully saturated rings. The van der Waals surface area contributed by atoms with Crippen LogP contribution >= 0.6 is 15.9 Å². The molecule has 0 aliphatic heterocycles. The highest BCUT2D eigenvalue weighted by Gasteiger charge is 2.04. The van der Waals surface area contributed by atoms with Crippen LogP contribution in [-0.2, 0) is 13.2 Å². The van der Waals surface area contributed by atoms with Crippen LogP contribution in [0, 0.1) is 5.82 Å². The van der Waals surface area contributed by atoms with E-state index in [1.54, 1.807) is 12.1 Å². The summed E-state index contributed by atoms with van der Waals surface area (Å²) in [7, 11) is 1.90. The Labute approximate surface area is 120 Å². The van der Waals surface area contributed by atoms with Crippen LogP contribution in [0.1, 0.15) is 11.1 Å². The van der Waals surface area contributed by atoms with E-state index in [1.165, 1.54) is 11.6 Å². The van der Waals surface area contributed by atoms with Crippen molar-refractivity contribution in [2.45, 2.75) is 13.2 Å². The van der Waals surface area contributed by atoms with Crippen molar-refractivity contribution in [3.05, 3.63) is 63.9 Å². The second-order valence-electron chi connectivity index (χ2n) is 4.21. The second kappa shape index (κ2) is 6.68. The molecule has 2 aromatic carbocycles. The van der Waals surface area contributed by atoms with Gasteiger partial charge in [-0.25, -0.2) is 4.39 Å². The molecule has 0 saturated heterocycles. The Hall–Kier alpha value is -1.39. The third kappa shape index (κ3) is 4.04. The van der Waals surface area contributed by atoms with Crippen LogP contribution in [0.4, 0.5) is 4.39 Å². The molecule has 100 valence electrons.